The first-order valence-electron chi connectivity index (χ1n) is 7.11. The highest BCUT2D eigenvalue weighted by molar-refractivity contribution is 6.32. The van der Waals surface area contributed by atoms with Gasteiger partial charge in [0.05, 0.1) is 18.0 Å². The Morgan fingerprint density at radius 2 is 2.05 bits per heavy atom. The minimum absolute atomic E-state index is 0.699. The molecule has 0 bridgehead atoms. The monoisotopic (exact) mass is 292 g/mol. The summed E-state index contributed by atoms with van der Waals surface area (Å²) in [5.74, 6) is 0.826. The van der Waals surface area contributed by atoms with E-state index in [4.69, 9.17) is 16.3 Å². The van der Waals surface area contributed by atoms with Crippen LogP contribution in [0.15, 0.2) is 36.9 Å². The second kappa shape index (κ2) is 7.95. The van der Waals surface area contributed by atoms with Gasteiger partial charge in [-0.2, -0.15) is 0 Å². The SMILES string of the molecule is Cc1cccc(Cl)c1OCCCCCCn1ccnc1. The Balaban J connectivity index is 1.57. The molecule has 0 saturated heterocycles. The summed E-state index contributed by atoms with van der Waals surface area (Å²) < 4.78 is 7.89. The van der Waals surface area contributed by atoms with E-state index in [9.17, 15) is 0 Å². The van der Waals surface area contributed by atoms with Crippen LogP contribution in [0.5, 0.6) is 5.75 Å². The standard InChI is InChI=1S/C16H21ClN2O/c1-14-7-6-8-15(17)16(14)20-12-5-3-2-4-10-19-11-9-18-13-19/h6-9,11,13H,2-5,10,12H2,1H3. The molecule has 1 heterocycles. The minimum Gasteiger partial charge on any atom is -0.492 e. The molecule has 0 N–H and O–H groups in total. The maximum atomic E-state index is 6.12. The lowest BCUT2D eigenvalue weighted by atomic mass is 10.2. The van der Waals surface area contributed by atoms with Gasteiger partial charge in [0.1, 0.15) is 5.75 Å². The summed E-state index contributed by atoms with van der Waals surface area (Å²) in [5.41, 5.74) is 1.10. The number of rotatable bonds is 8. The number of imidazole rings is 1. The predicted octanol–water partition coefficient (Wildman–Crippen LogP) is 4.48. The second-order valence-corrected chi connectivity index (χ2v) is 5.36. The van der Waals surface area contributed by atoms with Crippen molar-refractivity contribution in [3.63, 3.8) is 0 Å². The van der Waals surface area contributed by atoms with Crippen LogP contribution in [0.4, 0.5) is 0 Å². The summed E-state index contributed by atoms with van der Waals surface area (Å²) >= 11 is 6.12. The van der Waals surface area contributed by atoms with Gasteiger partial charge in [-0.15, -0.1) is 0 Å². The molecule has 20 heavy (non-hydrogen) atoms. The molecule has 2 aromatic rings. The van der Waals surface area contributed by atoms with Crippen LogP contribution >= 0.6 is 11.6 Å². The average Bonchev–Trinajstić information content (AvgIpc) is 2.93. The molecule has 1 aromatic carbocycles. The van der Waals surface area contributed by atoms with E-state index in [-0.39, 0.29) is 0 Å². The largest absolute Gasteiger partial charge is 0.492 e. The van der Waals surface area contributed by atoms with E-state index < -0.39 is 0 Å². The minimum atomic E-state index is 0.699. The molecule has 0 aliphatic rings. The molecule has 2 rings (SSSR count). The number of halogens is 1. The van der Waals surface area contributed by atoms with E-state index in [1.54, 1.807) is 0 Å². The molecular formula is C16H21ClN2O. The first-order chi connectivity index (χ1) is 9.77. The van der Waals surface area contributed by atoms with Crippen LogP contribution in [0.25, 0.3) is 0 Å². The van der Waals surface area contributed by atoms with Crippen LogP contribution in [0.1, 0.15) is 31.2 Å². The van der Waals surface area contributed by atoms with Gasteiger partial charge in [-0.1, -0.05) is 36.6 Å². The summed E-state index contributed by atoms with van der Waals surface area (Å²) in [5, 5.41) is 0.699. The van der Waals surface area contributed by atoms with Gasteiger partial charge in [-0.25, -0.2) is 4.98 Å². The van der Waals surface area contributed by atoms with Crippen molar-refractivity contribution in [1.82, 2.24) is 9.55 Å². The maximum Gasteiger partial charge on any atom is 0.140 e. The fourth-order valence-electron chi connectivity index (χ4n) is 2.14. The number of hydrogen-bond donors (Lipinski definition) is 0. The van der Waals surface area contributed by atoms with Crippen LogP contribution in [0.3, 0.4) is 0 Å². The molecule has 0 radical (unpaired) electrons. The number of unbranched alkanes of at least 4 members (excludes halogenated alkanes) is 3. The first kappa shape index (κ1) is 14.9. The normalized spacial score (nSPS) is 10.7. The van der Waals surface area contributed by atoms with Gasteiger partial charge in [0.25, 0.3) is 0 Å². The molecule has 3 nitrogen and oxygen atoms in total. The molecule has 0 saturated carbocycles. The Morgan fingerprint density at radius 3 is 2.80 bits per heavy atom. The number of para-hydroxylation sites is 1. The summed E-state index contributed by atoms with van der Waals surface area (Å²) in [6, 6.07) is 5.84. The van der Waals surface area contributed by atoms with Crippen molar-refractivity contribution in [3.05, 3.63) is 47.5 Å². The van der Waals surface area contributed by atoms with Crippen molar-refractivity contribution in [2.45, 2.75) is 39.2 Å². The van der Waals surface area contributed by atoms with Gasteiger partial charge < -0.3 is 9.30 Å². The highest BCUT2D eigenvalue weighted by Crippen LogP contribution is 2.27. The van der Waals surface area contributed by atoms with Gasteiger partial charge in [0, 0.05) is 18.9 Å². The summed E-state index contributed by atoms with van der Waals surface area (Å²) in [4.78, 5) is 4.03. The molecule has 1 aromatic heterocycles. The molecule has 0 aliphatic carbocycles. The van der Waals surface area contributed by atoms with E-state index in [1.165, 1.54) is 19.3 Å². The summed E-state index contributed by atoms with van der Waals surface area (Å²) in [6.45, 7) is 3.80. The van der Waals surface area contributed by atoms with Crippen molar-refractivity contribution in [1.29, 1.82) is 0 Å². The average molecular weight is 293 g/mol. The van der Waals surface area contributed by atoms with Gasteiger partial charge in [-0.3, -0.25) is 0 Å². The highest BCUT2D eigenvalue weighted by atomic mass is 35.5. The zero-order valence-electron chi connectivity index (χ0n) is 11.9. The molecule has 108 valence electrons. The number of nitrogens with zero attached hydrogens (tertiary/aromatic N) is 2. The second-order valence-electron chi connectivity index (χ2n) is 4.95. The Bertz CT molecular complexity index is 491. The van der Waals surface area contributed by atoms with E-state index >= 15 is 0 Å². The molecule has 0 fully saturated rings. The molecule has 0 amide bonds. The van der Waals surface area contributed by atoms with E-state index in [0.29, 0.717) is 5.02 Å². The van der Waals surface area contributed by atoms with Crippen molar-refractivity contribution in [2.75, 3.05) is 6.61 Å². The number of aryl methyl sites for hydroxylation is 2. The Hall–Kier alpha value is -1.48. The van der Waals surface area contributed by atoms with Crippen molar-refractivity contribution in [2.24, 2.45) is 0 Å². The van der Waals surface area contributed by atoms with Crippen LogP contribution in [-0.2, 0) is 6.54 Å². The lowest BCUT2D eigenvalue weighted by molar-refractivity contribution is 0.302. The Morgan fingerprint density at radius 1 is 1.20 bits per heavy atom. The molecular weight excluding hydrogens is 272 g/mol. The predicted molar refractivity (Wildman–Crippen MR) is 82.4 cm³/mol. The van der Waals surface area contributed by atoms with E-state index in [2.05, 4.69) is 9.55 Å². The third-order valence-corrected chi connectivity index (χ3v) is 3.58. The molecule has 0 unspecified atom stereocenters. The fourth-order valence-corrected chi connectivity index (χ4v) is 2.42. The quantitative estimate of drug-likeness (QED) is 0.671. The lowest BCUT2D eigenvalue weighted by Crippen LogP contribution is -2.00. The zero-order chi connectivity index (χ0) is 14.2. The number of ether oxygens (including phenoxy) is 1. The van der Waals surface area contributed by atoms with Crippen LogP contribution in [-0.4, -0.2) is 16.2 Å². The summed E-state index contributed by atoms with van der Waals surface area (Å²) in [6.07, 6.45) is 10.3. The van der Waals surface area contributed by atoms with Crippen LogP contribution < -0.4 is 4.74 Å². The van der Waals surface area contributed by atoms with E-state index in [1.807, 2.05) is 43.8 Å². The molecule has 0 aliphatic heterocycles. The van der Waals surface area contributed by atoms with Crippen LogP contribution in [0, 0.1) is 6.92 Å². The molecule has 0 atom stereocenters. The molecule has 0 spiro atoms. The number of benzene rings is 1. The Kier molecular flexibility index (Phi) is 5.93. The van der Waals surface area contributed by atoms with Gasteiger partial charge >= 0.3 is 0 Å². The summed E-state index contributed by atoms with van der Waals surface area (Å²) in [7, 11) is 0. The van der Waals surface area contributed by atoms with E-state index in [0.717, 1.165) is 30.9 Å². The highest BCUT2D eigenvalue weighted by Gasteiger charge is 2.04. The van der Waals surface area contributed by atoms with Crippen molar-refractivity contribution in [3.8, 4) is 5.75 Å². The number of aromatic nitrogens is 2. The zero-order valence-corrected chi connectivity index (χ0v) is 12.6. The number of hydrogen-bond acceptors (Lipinski definition) is 2. The van der Waals surface area contributed by atoms with Gasteiger partial charge in [0.15, 0.2) is 0 Å². The third kappa shape index (κ3) is 4.57. The lowest BCUT2D eigenvalue weighted by Gasteiger charge is -2.10. The molecule has 4 heteroatoms. The van der Waals surface area contributed by atoms with Crippen molar-refractivity contribution >= 4 is 11.6 Å². The third-order valence-electron chi connectivity index (χ3n) is 3.28. The smallest absolute Gasteiger partial charge is 0.140 e. The van der Waals surface area contributed by atoms with Crippen molar-refractivity contribution < 1.29 is 4.74 Å². The maximum absolute atomic E-state index is 6.12. The first-order valence-corrected chi connectivity index (χ1v) is 7.49. The van der Waals surface area contributed by atoms with Gasteiger partial charge in [0.2, 0.25) is 0 Å². The van der Waals surface area contributed by atoms with Gasteiger partial charge in [-0.05, 0) is 31.4 Å². The fraction of sp³-hybridized carbons (Fsp3) is 0.438. The topological polar surface area (TPSA) is 27.1 Å². The Labute approximate surface area is 125 Å². The van der Waals surface area contributed by atoms with Crippen LogP contribution in [0.2, 0.25) is 5.02 Å².